The van der Waals surface area contributed by atoms with E-state index in [2.05, 4.69) is 17.3 Å². The Bertz CT molecular complexity index is 1250. The van der Waals surface area contributed by atoms with Gasteiger partial charge in [0.1, 0.15) is 5.71 Å². The molecule has 4 rings (SSSR count). The first kappa shape index (κ1) is 20.3. The molecule has 0 saturated carbocycles. The first-order valence-electron chi connectivity index (χ1n) is 9.50. The van der Waals surface area contributed by atoms with E-state index in [0.717, 1.165) is 20.4 Å². The number of carbonyl (C=O) groups excluding carboxylic acids is 2. The number of hydrogen-bond donors (Lipinski definition) is 0. The maximum Gasteiger partial charge on any atom is 0.331 e. The molecule has 0 N–H and O–H groups in total. The Morgan fingerprint density at radius 2 is 1.67 bits per heavy atom. The van der Waals surface area contributed by atoms with Gasteiger partial charge in [-0.1, -0.05) is 41.6 Å². The van der Waals surface area contributed by atoms with E-state index in [0.29, 0.717) is 17.7 Å². The predicted octanol–water partition coefficient (Wildman–Crippen LogP) is 6.34. The summed E-state index contributed by atoms with van der Waals surface area (Å²) in [6, 6.07) is 23.8. The van der Waals surface area contributed by atoms with Crippen molar-refractivity contribution in [2.75, 3.05) is 5.75 Å². The minimum absolute atomic E-state index is 0.220. The number of ketones is 1. The van der Waals surface area contributed by atoms with Crippen molar-refractivity contribution in [2.45, 2.75) is 18.2 Å². The molecular formula is C24H19NO3S2. The van der Waals surface area contributed by atoms with Crippen molar-refractivity contribution in [1.29, 1.82) is 0 Å². The van der Waals surface area contributed by atoms with E-state index in [9.17, 15) is 9.59 Å². The molecule has 150 valence electrons. The summed E-state index contributed by atoms with van der Waals surface area (Å²) in [4.78, 5) is 30.3. The summed E-state index contributed by atoms with van der Waals surface area (Å²) in [6.45, 7) is 1.27. The number of benzene rings is 3. The van der Waals surface area contributed by atoms with Gasteiger partial charge in [-0.25, -0.2) is 4.79 Å². The molecule has 30 heavy (non-hydrogen) atoms. The molecule has 0 atom stereocenters. The molecule has 0 aliphatic carbocycles. The lowest BCUT2D eigenvalue weighted by molar-refractivity contribution is -0.140. The van der Waals surface area contributed by atoms with Gasteiger partial charge in [0.2, 0.25) is 5.78 Å². The highest BCUT2D eigenvalue weighted by Crippen LogP contribution is 2.34. The number of rotatable bonds is 7. The van der Waals surface area contributed by atoms with Crippen molar-refractivity contribution in [2.24, 2.45) is 5.16 Å². The Balaban J connectivity index is 1.59. The van der Waals surface area contributed by atoms with Crippen molar-refractivity contribution < 1.29 is 14.4 Å². The number of Topliss-reactive ketones (excluding diaryl/α,β-unsaturated/α-hetero) is 1. The smallest absolute Gasteiger partial charge is 0.318 e. The van der Waals surface area contributed by atoms with Crippen LogP contribution in [0.2, 0.25) is 0 Å². The number of hydrogen-bond acceptors (Lipinski definition) is 6. The van der Waals surface area contributed by atoms with Crippen LogP contribution in [-0.2, 0) is 9.63 Å². The van der Waals surface area contributed by atoms with Gasteiger partial charge >= 0.3 is 5.97 Å². The Kier molecular flexibility index (Phi) is 6.26. The largest absolute Gasteiger partial charge is 0.331 e. The fourth-order valence-electron chi connectivity index (χ4n) is 3.14. The minimum Gasteiger partial charge on any atom is -0.318 e. The average molecular weight is 434 g/mol. The second kappa shape index (κ2) is 9.24. The fraction of sp³-hybridized carbons (Fsp3) is 0.125. The van der Waals surface area contributed by atoms with Crippen molar-refractivity contribution >= 4 is 60.7 Å². The number of fused-ring (bicyclic) bond motifs is 3. The maximum absolute atomic E-state index is 13.2. The van der Waals surface area contributed by atoms with E-state index in [4.69, 9.17) is 4.84 Å². The maximum atomic E-state index is 13.2. The van der Waals surface area contributed by atoms with Gasteiger partial charge in [-0.15, -0.1) is 23.1 Å². The van der Waals surface area contributed by atoms with E-state index >= 15 is 0 Å². The Morgan fingerprint density at radius 3 is 2.47 bits per heavy atom. The average Bonchev–Trinajstić information content (AvgIpc) is 3.14. The van der Waals surface area contributed by atoms with Crippen molar-refractivity contribution in [3.8, 4) is 0 Å². The summed E-state index contributed by atoms with van der Waals surface area (Å²) in [7, 11) is 0. The molecule has 4 nitrogen and oxygen atoms in total. The Morgan fingerprint density at radius 1 is 0.933 bits per heavy atom. The zero-order valence-corrected chi connectivity index (χ0v) is 18.0. The summed E-state index contributed by atoms with van der Waals surface area (Å²) in [5.74, 6) is -0.114. The molecule has 3 aromatic carbocycles. The standard InChI is InChI=1S/C24H19NO3S2/c1-16(26)28-25-21(13-14-29-18-7-3-2-4-8-18)24(27)17-11-12-23-20(15-17)19-9-5-6-10-22(19)30-23/h2-12,15H,13-14H2,1H3/b25-21+. The van der Waals surface area contributed by atoms with Gasteiger partial charge < -0.3 is 4.84 Å². The van der Waals surface area contributed by atoms with Crippen LogP contribution < -0.4 is 0 Å². The van der Waals surface area contributed by atoms with Crippen molar-refractivity contribution in [3.63, 3.8) is 0 Å². The number of carbonyl (C=O) groups is 2. The SMILES string of the molecule is CC(=O)O/N=C(\CCSc1ccccc1)C(=O)c1ccc2sc3ccccc3c2c1. The number of nitrogens with zero attached hydrogens (tertiary/aromatic N) is 1. The normalized spacial score (nSPS) is 11.7. The lowest BCUT2D eigenvalue weighted by Gasteiger charge is -2.06. The fourth-order valence-corrected chi connectivity index (χ4v) is 5.10. The lowest BCUT2D eigenvalue weighted by Crippen LogP contribution is -2.16. The van der Waals surface area contributed by atoms with E-state index in [1.165, 1.54) is 11.6 Å². The summed E-state index contributed by atoms with van der Waals surface area (Å²) < 4.78 is 2.32. The summed E-state index contributed by atoms with van der Waals surface area (Å²) in [5, 5.41) is 6.05. The summed E-state index contributed by atoms with van der Waals surface area (Å²) in [5.41, 5.74) is 0.786. The van der Waals surface area contributed by atoms with Gasteiger partial charge in [0.25, 0.3) is 0 Å². The Hall–Kier alpha value is -2.96. The highest BCUT2D eigenvalue weighted by Gasteiger charge is 2.17. The molecule has 0 spiro atoms. The van der Waals surface area contributed by atoms with E-state index in [1.54, 1.807) is 23.1 Å². The molecule has 0 aliphatic rings. The summed E-state index contributed by atoms with van der Waals surface area (Å²) >= 11 is 3.33. The molecule has 0 fully saturated rings. The molecule has 6 heteroatoms. The van der Waals surface area contributed by atoms with Gasteiger partial charge in [-0.05, 0) is 36.4 Å². The van der Waals surface area contributed by atoms with Crippen molar-refractivity contribution in [3.05, 3.63) is 78.4 Å². The molecule has 0 saturated heterocycles. The molecule has 1 heterocycles. The monoisotopic (exact) mass is 433 g/mol. The Labute approximate surface area is 182 Å². The molecule has 0 bridgehead atoms. The number of thioether (sulfide) groups is 1. The third-order valence-electron chi connectivity index (χ3n) is 4.54. The van der Waals surface area contributed by atoms with Crippen LogP contribution in [0.5, 0.6) is 0 Å². The van der Waals surface area contributed by atoms with E-state index in [1.807, 2.05) is 60.7 Å². The van der Waals surface area contributed by atoms with Gasteiger partial charge in [-0.2, -0.15) is 0 Å². The van der Waals surface area contributed by atoms with Crippen LogP contribution in [0.15, 0.2) is 82.8 Å². The first-order chi connectivity index (χ1) is 14.6. The molecule has 0 aliphatic heterocycles. The predicted molar refractivity (Wildman–Crippen MR) is 125 cm³/mol. The second-order valence-corrected chi connectivity index (χ2v) is 8.92. The highest BCUT2D eigenvalue weighted by atomic mass is 32.2. The van der Waals surface area contributed by atoms with Crippen LogP contribution in [-0.4, -0.2) is 23.2 Å². The van der Waals surface area contributed by atoms with Crippen molar-refractivity contribution in [1.82, 2.24) is 0 Å². The van der Waals surface area contributed by atoms with Gasteiger partial charge in [0.15, 0.2) is 0 Å². The molecule has 0 amide bonds. The van der Waals surface area contributed by atoms with Crippen LogP contribution in [0.25, 0.3) is 20.2 Å². The van der Waals surface area contributed by atoms with Gasteiger partial charge in [-0.3, -0.25) is 4.79 Å². The molecule has 0 radical (unpaired) electrons. The molecule has 0 unspecified atom stereocenters. The topological polar surface area (TPSA) is 55.7 Å². The van der Waals surface area contributed by atoms with Crippen LogP contribution in [0.1, 0.15) is 23.7 Å². The zero-order valence-electron chi connectivity index (χ0n) is 16.3. The first-order valence-corrected chi connectivity index (χ1v) is 11.3. The zero-order chi connectivity index (χ0) is 20.9. The number of oxime groups is 1. The van der Waals surface area contributed by atoms with E-state index in [-0.39, 0.29) is 11.5 Å². The van der Waals surface area contributed by atoms with Crippen LogP contribution in [0.3, 0.4) is 0 Å². The van der Waals surface area contributed by atoms with Crippen LogP contribution >= 0.6 is 23.1 Å². The van der Waals surface area contributed by atoms with Gasteiger partial charge in [0, 0.05) is 49.7 Å². The minimum atomic E-state index is -0.546. The summed E-state index contributed by atoms with van der Waals surface area (Å²) in [6.07, 6.45) is 0.397. The van der Waals surface area contributed by atoms with E-state index < -0.39 is 5.97 Å². The third kappa shape index (κ3) is 4.61. The lowest BCUT2D eigenvalue weighted by atomic mass is 10.0. The van der Waals surface area contributed by atoms with Crippen LogP contribution in [0.4, 0.5) is 0 Å². The highest BCUT2D eigenvalue weighted by molar-refractivity contribution is 7.99. The van der Waals surface area contributed by atoms with Gasteiger partial charge in [0.05, 0.1) is 0 Å². The quantitative estimate of drug-likeness (QED) is 0.112. The third-order valence-corrected chi connectivity index (χ3v) is 6.70. The second-order valence-electron chi connectivity index (χ2n) is 6.67. The molecule has 4 aromatic rings. The molecular weight excluding hydrogens is 414 g/mol. The molecule has 1 aromatic heterocycles. The number of thiophene rings is 1. The van der Waals surface area contributed by atoms with Crippen LogP contribution in [0, 0.1) is 0 Å².